The van der Waals surface area contributed by atoms with Crippen LogP contribution in [0, 0.1) is 0 Å². The number of nitrogen functional groups attached to an aromatic ring is 2. The summed E-state index contributed by atoms with van der Waals surface area (Å²) in [6, 6.07) is 9.18. The maximum Gasteiger partial charge on any atom is 0.266 e. The van der Waals surface area contributed by atoms with Crippen molar-refractivity contribution in [1.29, 1.82) is 0 Å². The number of methoxy groups -OCH3 is 2. The lowest BCUT2D eigenvalue weighted by molar-refractivity contribution is -0.193. The van der Waals surface area contributed by atoms with Crippen LogP contribution >= 0.6 is 12.0 Å². The first-order valence-electron chi connectivity index (χ1n) is 10.2. The molecule has 0 aliphatic heterocycles. The van der Waals surface area contributed by atoms with Crippen molar-refractivity contribution >= 4 is 43.4 Å². The number of nitrogens with two attached hydrogens (primary N) is 2. The van der Waals surface area contributed by atoms with Crippen molar-refractivity contribution in [2.75, 3.05) is 63.4 Å². The Bertz CT molecular complexity index is 1190. The van der Waals surface area contributed by atoms with Gasteiger partial charge in [-0.25, -0.2) is 13.3 Å². The van der Waals surface area contributed by atoms with Gasteiger partial charge in [-0.05, 0) is 36.4 Å². The molecule has 0 aliphatic carbocycles. The Labute approximate surface area is 209 Å². The fourth-order valence-electron chi connectivity index (χ4n) is 2.88. The van der Waals surface area contributed by atoms with Gasteiger partial charge >= 0.3 is 0 Å². The summed E-state index contributed by atoms with van der Waals surface area (Å²) < 4.78 is 72.1. The lowest BCUT2D eigenvalue weighted by Gasteiger charge is -2.21. The van der Waals surface area contributed by atoms with Crippen molar-refractivity contribution in [3.05, 3.63) is 36.4 Å². The van der Waals surface area contributed by atoms with E-state index in [9.17, 15) is 16.8 Å². The molecule has 2 aromatic carbocycles. The Kier molecular flexibility index (Phi) is 10.9. The van der Waals surface area contributed by atoms with Crippen LogP contribution in [0.4, 0.5) is 11.4 Å². The van der Waals surface area contributed by atoms with Crippen molar-refractivity contribution in [3.63, 3.8) is 0 Å². The van der Waals surface area contributed by atoms with E-state index in [1.54, 1.807) is 18.2 Å². The molecule has 15 heteroatoms. The molecule has 0 saturated heterocycles. The Morgan fingerprint density at radius 3 is 2.06 bits per heavy atom. The smallest absolute Gasteiger partial charge is 0.266 e. The predicted molar refractivity (Wildman–Crippen MR) is 133 cm³/mol. The van der Waals surface area contributed by atoms with Crippen LogP contribution in [0.15, 0.2) is 46.2 Å². The van der Waals surface area contributed by atoms with Gasteiger partial charge < -0.3 is 20.9 Å². The molecule has 35 heavy (non-hydrogen) atoms. The first-order chi connectivity index (χ1) is 16.4. The molecule has 0 saturated carbocycles. The molecule has 0 aliphatic rings. The van der Waals surface area contributed by atoms with Gasteiger partial charge in [0.15, 0.2) is 9.84 Å². The second kappa shape index (κ2) is 13.2. The van der Waals surface area contributed by atoms with E-state index in [-0.39, 0.29) is 42.6 Å². The largest absolute Gasteiger partial charge is 0.495 e. The summed E-state index contributed by atoms with van der Waals surface area (Å²) in [5.41, 5.74) is 12.2. The molecule has 12 nitrogen and oxygen atoms in total. The summed E-state index contributed by atoms with van der Waals surface area (Å²) in [4.78, 5) is 7.31. The van der Waals surface area contributed by atoms with Gasteiger partial charge in [0.1, 0.15) is 11.5 Å². The van der Waals surface area contributed by atoms with Gasteiger partial charge in [0.2, 0.25) is 0 Å². The minimum atomic E-state index is -4.24. The van der Waals surface area contributed by atoms with E-state index in [2.05, 4.69) is 0 Å². The molecule has 0 radical (unpaired) electrons. The standard InChI is InChI=1S/C20H29N3O9S3/c1-29-19-5-3-15(13-17(19)21)33-32-31-10-7-23(9-12-35(26,27)28)8-11-34(24,25)16-4-6-20(30-2)18(22)14-16/h3-6,13-14H,7-12,21-22H2,1-2H3,(H,26,27,28). The van der Waals surface area contributed by atoms with Crippen molar-refractivity contribution in [3.8, 4) is 11.5 Å². The Morgan fingerprint density at radius 2 is 1.49 bits per heavy atom. The van der Waals surface area contributed by atoms with E-state index in [1.165, 1.54) is 37.3 Å². The van der Waals surface area contributed by atoms with Gasteiger partial charge in [0, 0.05) is 24.5 Å². The highest BCUT2D eigenvalue weighted by Crippen LogP contribution is 2.28. The molecule has 0 spiro atoms. The van der Waals surface area contributed by atoms with Crippen LogP contribution in [-0.2, 0) is 29.2 Å². The van der Waals surface area contributed by atoms with E-state index in [1.807, 2.05) is 0 Å². The zero-order valence-electron chi connectivity index (χ0n) is 19.2. The summed E-state index contributed by atoms with van der Waals surface area (Å²) in [7, 11) is -5.04. The number of benzene rings is 2. The molecule has 0 aromatic heterocycles. The van der Waals surface area contributed by atoms with Gasteiger partial charge in [-0.15, -0.1) is 0 Å². The molecule has 5 N–H and O–H groups in total. The highest BCUT2D eigenvalue weighted by Gasteiger charge is 2.19. The number of hydrogen-bond donors (Lipinski definition) is 3. The molecule has 0 amide bonds. The molecule has 196 valence electrons. The minimum Gasteiger partial charge on any atom is -0.495 e. The lowest BCUT2D eigenvalue weighted by atomic mass is 10.3. The third-order valence-corrected chi connectivity index (χ3v) is 7.77. The quantitative estimate of drug-likeness (QED) is 0.0724. The molecule has 0 atom stereocenters. The summed E-state index contributed by atoms with van der Waals surface area (Å²) >= 11 is 0.912. The number of hydrogen-bond acceptors (Lipinski definition) is 12. The van der Waals surface area contributed by atoms with Crippen LogP contribution in [0.3, 0.4) is 0 Å². The maximum atomic E-state index is 12.7. The van der Waals surface area contributed by atoms with E-state index >= 15 is 0 Å². The highest BCUT2D eigenvalue weighted by atomic mass is 32.2. The van der Waals surface area contributed by atoms with Gasteiger partial charge in [0.05, 0.1) is 60.6 Å². The average Bonchev–Trinajstić information content (AvgIpc) is 2.79. The second-order valence-corrected chi connectivity index (χ2v) is 11.7. The Hall–Kier alpha value is -2.27. The van der Waals surface area contributed by atoms with Gasteiger partial charge in [0.25, 0.3) is 10.1 Å². The van der Waals surface area contributed by atoms with Crippen molar-refractivity contribution in [2.45, 2.75) is 9.79 Å². The maximum absolute atomic E-state index is 12.7. The van der Waals surface area contributed by atoms with Crippen LogP contribution < -0.4 is 20.9 Å². The summed E-state index contributed by atoms with van der Waals surface area (Å²) in [6.07, 6.45) is 0. The number of nitrogens with zero attached hydrogens (tertiary/aromatic N) is 1. The second-order valence-electron chi connectivity index (χ2n) is 7.23. The zero-order chi connectivity index (χ0) is 26.1. The third kappa shape index (κ3) is 9.71. The van der Waals surface area contributed by atoms with E-state index < -0.39 is 25.7 Å². The van der Waals surface area contributed by atoms with Crippen LogP contribution in [0.25, 0.3) is 0 Å². The first kappa shape index (κ1) is 29.0. The minimum absolute atomic E-state index is 0.000353. The topological polar surface area (TPSA) is 181 Å². The average molecular weight is 552 g/mol. The normalized spacial score (nSPS) is 12.1. The Balaban J connectivity index is 1.91. The summed E-state index contributed by atoms with van der Waals surface area (Å²) in [5.74, 6) is -0.00284. The number of sulfone groups is 1. The van der Waals surface area contributed by atoms with Gasteiger partial charge in [-0.2, -0.15) is 12.8 Å². The van der Waals surface area contributed by atoms with Crippen LogP contribution in [-0.4, -0.2) is 78.3 Å². The highest BCUT2D eigenvalue weighted by molar-refractivity contribution is 7.94. The first-order valence-corrected chi connectivity index (χ1v) is 14.2. The number of rotatable bonds is 15. The van der Waals surface area contributed by atoms with Crippen molar-refractivity contribution in [1.82, 2.24) is 4.90 Å². The van der Waals surface area contributed by atoms with E-state index in [0.717, 1.165) is 12.0 Å². The number of ether oxygens (including phenoxy) is 2. The molecule has 2 rings (SSSR count). The Morgan fingerprint density at radius 1 is 0.886 bits per heavy atom. The van der Waals surface area contributed by atoms with Crippen LogP contribution in [0.1, 0.15) is 0 Å². The molecule has 0 bridgehead atoms. The van der Waals surface area contributed by atoms with Crippen LogP contribution in [0.5, 0.6) is 11.5 Å². The molecule has 0 fully saturated rings. The SMILES string of the molecule is COc1ccc(SOOCCN(CCS(=O)(=O)O)CCS(=O)(=O)c2ccc(OC)c(N)c2)cc1N. The van der Waals surface area contributed by atoms with Crippen LogP contribution in [0.2, 0.25) is 0 Å². The lowest BCUT2D eigenvalue weighted by Crippen LogP contribution is -2.36. The fourth-order valence-corrected chi connectivity index (χ4v) is 5.18. The molecular formula is C20H29N3O9S3. The molecular weight excluding hydrogens is 522 g/mol. The van der Waals surface area contributed by atoms with Gasteiger partial charge in [-0.1, -0.05) is 0 Å². The third-order valence-electron chi connectivity index (χ3n) is 4.77. The van der Waals surface area contributed by atoms with Crippen molar-refractivity contribution in [2.24, 2.45) is 0 Å². The van der Waals surface area contributed by atoms with E-state index in [0.29, 0.717) is 22.1 Å². The molecule has 0 heterocycles. The van der Waals surface area contributed by atoms with Crippen molar-refractivity contribution < 1.29 is 40.1 Å². The summed E-state index contributed by atoms with van der Waals surface area (Å²) in [5, 5.41) is 0. The van der Waals surface area contributed by atoms with E-state index in [4.69, 9.17) is 34.7 Å². The molecule has 0 unspecified atom stereocenters. The van der Waals surface area contributed by atoms with Gasteiger partial charge in [-0.3, -0.25) is 9.45 Å². The number of anilines is 2. The summed E-state index contributed by atoms with van der Waals surface area (Å²) in [6.45, 7) is 0.0146. The zero-order valence-corrected chi connectivity index (χ0v) is 21.7. The fraction of sp³-hybridized carbons (Fsp3) is 0.400. The molecule has 2 aromatic rings. The predicted octanol–water partition coefficient (Wildman–Crippen LogP) is 1.49. The monoisotopic (exact) mass is 551 g/mol.